The first kappa shape index (κ1) is 54.4. The number of nitrogens with two attached hydrogens (primary N) is 1. The van der Waals surface area contributed by atoms with Gasteiger partial charge in [0.2, 0.25) is 0 Å². The lowest BCUT2D eigenvalue weighted by Crippen LogP contribution is -2.49. The summed E-state index contributed by atoms with van der Waals surface area (Å²) in [5.41, 5.74) is 9.34. The van der Waals surface area contributed by atoms with Crippen molar-refractivity contribution in [3.63, 3.8) is 0 Å². The number of halogens is 1. The lowest BCUT2D eigenvalue weighted by Gasteiger charge is -2.37. The number of rotatable bonds is 19. The molecule has 338 valence electrons. The second-order valence-corrected chi connectivity index (χ2v) is 16.7. The monoisotopic (exact) mass is 843 g/mol. The van der Waals surface area contributed by atoms with Gasteiger partial charge in [-0.1, -0.05) is 131 Å². The zero-order valence-corrected chi connectivity index (χ0v) is 39.8. The third-order valence-electron chi connectivity index (χ3n) is 9.79. The van der Waals surface area contributed by atoms with Crippen molar-refractivity contribution in [2.24, 2.45) is 5.41 Å². The van der Waals surface area contributed by atoms with Crippen molar-refractivity contribution in [3.05, 3.63) is 89.0 Å². The minimum atomic E-state index is -0.386. The highest BCUT2D eigenvalue weighted by atomic mass is 19.1. The number of Topliss-reactive ketones (excluding diaryl/α,β-unsaturated/α-hetero) is 1. The zero-order chi connectivity index (χ0) is 45.8. The third-order valence-corrected chi connectivity index (χ3v) is 9.79. The minimum absolute atomic E-state index is 0.100. The van der Waals surface area contributed by atoms with Crippen LogP contribution in [0.5, 0.6) is 11.5 Å². The van der Waals surface area contributed by atoms with Gasteiger partial charge in [-0.15, -0.1) is 0 Å². The van der Waals surface area contributed by atoms with Crippen LogP contribution in [-0.4, -0.2) is 59.0 Å². The number of anilines is 2. The lowest BCUT2D eigenvalue weighted by molar-refractivity contribution is -0.113. The minimum Gasteiger partial charge on any atom is -0.457 e. The van der Waals surface area contributed by atoms with Crippen molar-refractivity contribution < 1.29 is 18.7 Å². The second-order valence-electron chi connectivity index (χ2n) is 16.7. The van der Waals surface area contributed by atoms with Gasteiger partial charge in [-0.25, -0.2) is 14.4 Å². The van der Waals surface area contributed by atoms with E-state index in [0.717, 1.165) is 62.5 Å². The first-order valence-electron chi connectivity index (χ1n) is 22.7. The van der Waals surface area contributed by atoms with E-state index in [1.807, 2.05) is 71.0 Å². The molecule has 10 heteroatoms. The van der Waals surface area contributed by atoms with E-state index in [2.05, 4.69) is 61.7 Å². The van der Waals surface area contributed by atoms with Crippen molar-refractivity contribution >= 4 is 23.0 Å². The van der Waals surface area contributed by atoms with Crippen LogP contribution in [0.2, 0.25) is 0 Å². The van der Waals surface area contributed by atoms with E-state index in [4.69, 9.17) is 20.5 Å². The lowest BCUT2D eigenvalue weighted by atomic mass is 9.92. The van der Waals surface area contributed by atoms with Gasteiger partial charge in [0.05, 0.1) is 30.4 Å². The fourth-order valence-corrected chi connectivity index (χ4v) is 6.33. The van der Waals surface area contributed by atoms with Crippen LogP contribution in [-0.2, 0) is 9.53 Å². The first-order valence-corrected chi connectivity index (χ1v) is 22.7. The number of unbranched alkanes of at least 4 members (excludes halogenated alkanes) is 3. The number of hydrogen-bond donors (Lipinski definition) is 2. The number of carbonyl (C=O) groups is 1. The van der Waals surface area contributed by atoms with Crippen LogP contribution in [0.25, 0.3) is 5.57 Å². The van der Waals surface area contributed by atoms with Gasteiger partial charge in [-0.05, 0) is 94.3 Å². The highest BCUT2D eigenvalue weighted by molar-refractivity contribution is 5.97. The number of carbonyl (C=O) groups excluding carboxylic acids is 1. The molecule has 0 radical (unpaired) electrons. The van der Waals surface area contributed by atoms with Crippen molar-refractivity contribution in [2.45, 2.75) is 159 Å². The van der Waals surface area contributed by atoms with E-state index in [1.165, 1.54) is 64.5 Å². The molecule has 1 fully saturated rings. The molecule has 1 atom stereocenters. The number of nitriles is 1. The molecule has 3 aromatic rings. The summed E-state index contributed by atoms with van der Waals surface area (Å²) in [6.07, 6.45) is 14.7. The van der Waals surface area contributed by atoms with Crippen molar-refractivity contribution in [2.75, 3.05) is 37.4 Å². The Balaban J connectivity index is 0.000000561. The maximum absolute atomic E-state index is 15.5. The summed E-state index contributed by atoms with van der Waals surface area (Å²) in [6, 6.07) is 17.1. The quantitative estimate of drug-likeness (QED) is 0.0689. The topological polar surface area (TPSA) is 126 Å². The number of hydrogen-bond acceptors (Lipinski definition) is 9. The molecular formula is C51H79FN6O3. The van der Waals surface area contributed by atoms with Crippen LogP contribution in [0.1, 0.15) is 158 Å². The predicted molar refractivity (Wildman–Crippen MR) is 254 cm³/mol. The fourth-order valence-electron chi connectivity index (χ4n) is 6.33. The van der Waals surface area contributed by atoms with Gasteiger partial charge in [0, 0.05) is 17.7 Å². The number of nitrogens with zero attached hydrogens (tertiary/aromatic N) is 4. The molecule has 0 bridgehead atoms. The molecular weight excluding hydrogens is 764 g/mol. The van der Waals surface area contributed by atoms with Gasteiger partial charge in [-0.3, -0.25) is 9.69 Å². The summed E-state index contributed by atoms with van der Waals surface area (Å²) >= 11 is 0. The maximum atomic E-state index is 15.5. The Bertz CT molecular complexity index is 1790. The number of allylic oxidation sites excluding steroid dienone is 3. The van der Waals surface area contributed by atoms with Gasteiger partial charge in [0.15, 0.2) is 5.78 Å². The predicted octanol–water partition coefficient (Wildman–Crippen LogP) is 13.4. The van der Waals surface area contributed by atoms with E-state index >= 15 is 4.39 Å². The van der Waals surface area contributed by atoms with E-state index in [-0.39, 0.29) is 28.6 Å². The Hall–Kier alpha value is -4.59. The van der Waals surface area contributed by atoms with E-state index < -0.39 is 0 Å². The van der Waals surface area contributed by atoms with Crippen LogP contribution >= 0.6 is 0 Å². The molecule has 2 aromatic carbocycles. The smallest absolute Gasteiger partial charge is 0.169 e. The molecule has 0 spiro atoms. The zero-order valence-electron chi connectivity index (χ0n) is 39.8. The van der Waals surface area contributed by atoms with Crippen molar-refractivity contribution in [1.82, 2.24) is 14.9 Å². The number of ether oxygens (including phenoxy) is 2. The van der Waals surface area contributed by atoms with E-state index in [1.54, 1.807) is 18.2 Å². The third kappa shape index (κ3) is 20.7. The molecule has 1 unspecified atom stereocenters. The van der Waals surface area contributed by atoms with E-state index in [9.17, 15) is 4.79 Å². The number of aromatic nitrogens is 2. The average Bonchev–Trinajstić information content (AvgIpc) is 3.20. The van der Waals surface area contributed by atoms with Crippen molar-refractivity contribution in [3.8, 4) is 17.6 Å². The number of nitrogen functional groups attached to an aromatic ring is 1. The van der Waals surface area contributed by atoms with Gasteiger partial charge >= 0.3 is 0 Å². The van der Waals surface area contributed by atoms with Gasteiger partial charge in [0.1, 0.15) is 41.3 Å². The van der Waals surface area contributed by atoms with Gasteiger partial charge < -0.3 is 20.5 Å². The molecule has 0 saturated carbocycles. The Morgan fingerprint density at radius 3 is 2.10 bits per heavy atom. The highest BCUT2D eigenvalue weighted by Gasteiger charge is 2.25. The normalized spacial score (nSPS) is 13.4. The summed E-state index contributed by atoms with van der Waals surface area (Å²) in [7, 11) is 0. The number of ketones is 1. The largest absolute Gasteiger partial charge is 0.457 e. The Morgan fingerprint density at radius 2 is 1.62 bits per heavy atom. The SMILES string of the molecule is CC(=O)/C(C#N)=C/C(C)(C)C.CCC.CCCCC(CC)Nc1ncnc(N)c1C(=C(C)CC)c1ccc(Oc2ccccc2)cc1F.CCCCCN(CCC)C1COC1. The van der Waals surface area contributed by atoms with Crippen LogP contribution in [0, 0.1) is 22.6 Å². The molecule has 3 N–H and O–H groups in total. The first-order chi connectivity index (χ1) is 29.1. The molecule has 0 aliphatic carbocycles. The van der Waals surface area contributed by atoms with Gasteiger partial charge in [-0.2, -0.15) is 5.26 Å². The molecule has 1 aromatic heterocycles. The average molecular weight is 843 g/mol. The summed E-state index contributed by atoms with van der Waals surface area (Å²) < 4.78 is 26.6. The summed E-state index contributed by atoms with van der Waals surface area (Å²) in [5.74, 6) is 1.50. The van der Waals surface area contributed by atoms with Crippen LogP contribution in [0.3, 0.4) is 0 Å². The van der Waals surface area contributed by atoms with Gasteiger partial charge in [0.25, 0.3) is 0 Å². The van der Waals surface area contributed by atoms with Crippen LogP contribution in [0.4, 0.5) is 16.0 Å². The molecule has 1 saturated heterocycles. The molecule has 9 nitrogen and oxygen atoms in total. The highest BCUT2D eigenvalue weighted by Crippen LogP contribution is 2.38. The van der Waals surface area contributed by atoms with Crippen LogP contribution in [0.15, 0.2) is 72.1 Å². The summed E-state index contributed by atoms with van der Waals surface area (Å²) in [6.45, 7) is 28.8. The Labute approximate surface area is 369 Å². The van der Waals surface area contributed by atoms with E-state index in [0.29, 0.717) is 34.3 Å². The number of para-hydroxylation sites is 1. The second kappa shape index (κ2) is 30.4. The molecule has 61 heavy (non-hydrogen) atoms. The maximum Gasteiger partial charge on any atom is 0.169 e. The van der Waals surface area contributed by atoms with Crippen molar-refractivity contribution in [1.29, 1.82) is 5.26 Å². The number of nitrogens with one attached hydrogen (secondary N) is 1. The Morgan fingerprint density at radius 1 is 0.967 bits per heavy atom. The standard InChI is InChI=1S/C28H35FN4O.C11H23NO.C9H13NO.C3H8/c1-5-8-12-20(7-3)33-28-26(27(30)31-18-32-28)25(19(4)6-2)23-16-15-22(17-24(23)29)34-21-13-10-9-11-14-21;1-3-5-6-8-12(7-4-2)11-9-13-10-11;1-7(11)8(6-10)5-9(2,3)4;1-3-2/h9-11,13-18,20H,5-8,12H2,1-4H3,(H3,30,31,32,33);11H,3-10H2,1-2H3;5H,1-4H3;3H2,1-2H3/b;;8-5+;. The Kier molecular flexibility index (Phi) is 27.2. The molecule has 1 aliphatic heterocycles. The number of benzene rings is 2. The molecule has 2 heterocycles. The molecule has 1 aliphatic rings. The summed E-state index contributed by atoms with van der Waals surface area (Å²) in [5, 5.41) is 12.1. The molecule has 0 amide bonds. The fraction of sp³-hybridized carbons (Fsp3) is 0.569. The summed E-state index contributed by atoms with van der Waals surface area (Å²) in [4.78, 5) is 22.1. The van der Waals surface area contributed by atoms with Crippen LogP contribution < -0.4 is 15.8 Å². The molecule has 4 rings (SSSR count).